The maximum atomic E-state index is 13.2. The lowest BCUT2D eigenvalue weighted by Crippen LogP contribution is -2.61. The highest BCUT2D eigenvalue weighted by molar-refractivity contribution is 5.74. The Morgan fingerprint density at radius 1 is 0.430 bits per heavy atom. The van der Waals surface area contributed by atoms with Gasteiger partial charge in [0, 0.05) is 19.3 Å². The molecule has 1 aliphatic heterocycles. The monoisotopic (exact) mass is 1110 g/mol. The van der Waals surface area contributed by atoms with Crippen LogP contribution in [0.2, 0.25) is 0 Å². The Bertz CT molecular complexity index is 1560. The van der Waals surface area contributed by atoms with Gasteiger partial charge in [-0.2, -0.15) is 0 Å². The van der Waals surface area contributed by atoms with Crippen molar-refractivity contribution in [2.75, 3.05) is 13.2 Å². The van der Waals surface area contributed by atoms with Gasteiger partial charge in [0.25, 0.3) is 0 Å². The summed E-state index contributed by atoms with van der Waals surface area (Å²) >= 11 is 0. The number of carboxylic acid groups (broad SMARTS) is 1. The van der Waals surface area contributed by atoms with Crippen molar-refractivity contribution in [1.82, 2.24) is 0 Å². The van der Waals surface area contributed by atoms with Crippen LogP contribution in [0.5, 0.6) is 0 Å². The van der Waals surface area contributed by atoms with Gasteiger partial charge in [0.2, 0.25) is 0 Å². The smallest absolute Gasteiger partial charge is 0.335 e. The van der Waals surface area contributed by atoms with Crippen molar-refractivity contribution < 1.29 is 58.2 Å². The average molecular weight is 1120 g/mol. The normalized spacial score (nSPS) is 18.1. The van der Waals surface area contributed by atoms with Crippen LogP contribution < -0.4 is 0 Å². The van der Waals surface area contributed by atoms with E-state index in [2.05, 4.69) is 69.4 Å². The summed E-state index contributed by atoms with van der Waals surface area (Å²) in [7, 11) is 0. The van der Waals surface area contributed by atoms with Gasteiger partial charge in [-0.15, -0.1) is 0 Å². The lowest BCUT2D eigenvalue weighted by molar-refractivity contribution is -0.301. The molecule has 0 aromatic heterocycles. The zero-order valence-corrected chi connectivity index (χ0v) is 50.6. The fourth-order valence-corrected chi connectivity index (χ4v) is 9.91. The van der Waals surface area contributed by atoms with Crippen LogP contribution in [0.25, 0.3) is 0 Å². The maximum Gasteiger partial charge on any atom is 0.335 e. The molecule has 1 heterocycles. The molecule has 1 fully saturated rings. The van der Waals surface area contributed by atoms with Gasteiger partial charge in [-0.05, 0) is 77.0 Å². The van der Waals surface area contributed by atoms with Crippen LogP contribution in [0, 0.1) is 0 Å². The average Bonchev–Trinajstić information content (AvgIpc) is 3.46. The number of carbonyl (C=O) groups is 4. The van der Waals surface area contributed by atoms with E-state index < -0.39 is 67.3 Å². The second-order valence-corrected chi connectivity index (χ2v) is 22.4. The third-order valence-electron chi connectivity index (χ3n) is 14.9. The quantitative estimate of drug-likeness (QED) is 0.0228. The lowest BCUT2D eigenvalue weighted by atomic mass is 9.98. The summed E-state index contributed by atoms with van der Waals surface area (Å²) in [6.07, 6.45) is 55.0. The van der Waals surface area contributed by atoms with Gasteiger partial charge in [0.1, 0.15) is 18.8 Å². The number of unbranched alkanes of at least 4 members (excludes halogenated alkanes) is 34. The predicted molar refractivity (Wildman–Crippen MR) is 322 cm³/mol. The molecule has 0 aromatic carbocycles. The van der Waals surface area contributed by atoms with Gasteiger partial charge < -0.3 is 39.0 Å². The molecule has 6 atom stereocenters. The number of hydrogen-bond acceptors (Lipinski definition) is 11. The first-order chi connectivity index (χ1) is 38.6. The Kier molecular flexibility index (Phi) is 51.5. The Labute approximate surface area is 482 Å². The largest absolute Gasteiger partial charge is 0.479 e. The SMILES string of the molecule is CC/C=C\C/C=C\C/C=C\CCCCCCCC(=O)OC(COC(=O)CCCCCCCCCCCCCCCCCCC)COC1OC(C(=O)O)C(O)C(O)C1OC(=O)CCCCCCCCC/C=C\CCCCCCCC. The minimum absolute atomic E-state index is 0.0555. The molecule has 12 nitrogen and oxygen atoms in total. The summed E-state index contributed by atoms with van der Waals surface area (Å²) in [5.41, 5.74) is 0. The number of rotatable bonds is 56. The number of esters is 3. The van der Waals surface area contributed by atoms with E-state index in [1.165, 1.54) is 141 Å². The van der Waals surface area contributed by atoms with Crippen molar-refractivity contribution in [3.8, 4) is 0 Å². The Morgan fingerprint density at radius 3 is 1.23 bits per heavy atom. The summed E-state index contributed by atoms with van der Waals surface area (Å²) < 4.78 is 28.5. The number of carbonyl (C=O) groups excluding carboxylic acids is 3. The van der Waals surface area contributed by atoms with E-state index >= 15 is 0 Å². The molecule has 0 aromatic rings. The van der Waals surface area contributed by atoms with Gasteiger partial charge in [0.05, 0.1) is 6.61 Å². The Hall–Kier alpha value is -3.32. The fourth-order valence-electron chi connectivity index (χ4n) is 9.91. The van der Waals surface area contributed by atoms with Crippen LogP contribution in [-0.2, 0) is 42.9 Å². The number of ether oxygens (including phenoxy) is 5. The molecule has 458 valence electrons. The molecule has 0 radical (unpaired) electrons. The molecular formula is C67H118O12. The van der Waals surface area contributed by atoms with Crippen molar-refractivity contribution in [2.45, 2.75) is 340 Å². The molecule has 0 saturated carbocycles. The van der Waals surface area contributed by atoms with Gasteiger partial charge in [-0.3, -0.25) is 14.4 Å². The summed E-state index contributed by atoms with van der Waals surface area (Å²) in [6.45, 7) is 5.91. The van der Waals surface area contributed by atoms with Gasteiger partial charge >= 0.3 is 23.9 Å². The van der Waals surface area contributed by atoms with Crippen molar-refractivity contribution in [2.24, 2.45) is 0 Å². The highest BCUT2D eigenvalue weighted by Crippen LogP contribution is 2.27. The third kappa shape index (κ3) is 45.0. The molecule has 0 spiro atoms. The molecule has 12 heteroatoms. The molecule has 3 N–H and O–H groups in total. The molecule has 1 rings (SSSR count). The van der Waals surface area contributed by atoms with Crippen LogP contribution in [0.1, 0.15) is 303 Å². The Morgan fingerprint density at radius 2 is 0.797 bits per heavy atom. The van der Waals surface area contributed by atoms with Crippen LogP contribution in [-0.4, -0.2) is 89.2 Å². The number of aliphatic hydroxyl groups is 2. The number of carboxylic acids is 1. The molecule has 0 bridgehead atoms. The summed E-state index contributed by atoms with van der Waals surface area (Å²) in [5, 5.41) is 31.6. The van der Waals surface area contributed by atoms with E-state index in [9.17, 15) is 34.5 Å². The molecule has 0 amide bonds. The number of aliphatic carboxylic acids is 1. The second-order valence-electron chi connectivity index (χ2n) is 22.4. The summed E-state index contributed by atoms with van der Waals surface area (Å²) in [4.78, 5) is 51.3. The molecular weight excluding hydrogens is 997 g/mol. The highest BCUT2D eigenvalue weighted by Gasteiger charge is 2.50. The number of hydrogen-bond donors (Lipinski definition) is 3. The molecule has 1 saturated heterocycles. The van der Waals surface area contributed by atoms with Crippen molar-refractivity contribution in [3.63, 3.8) is 0 Å². The van der Waals surface area contributed by atoms with E-state index in [-0.39, 0.29) is 25.9 Å². The zero-order valence-electron chi connectivity index (χ0n) is 50.6. The molecule has 79 heavy (non-hydrogen) atoms. The van der Waals surface area contributed by atoms with Crippen LogP contribution >= 0.6 is 0 Å². The van der Waals surface area contributed by atoms with Crippen molar-refractivity contribution in [3.05, 3.63) is 48.6 Å². The molecule has 6 unspecified atom stereocenters. The van der Waals surface area contributed by atoms with E-state index in [1.54, 1.807) is 0 Å². The van der Waals surface area contributed by atoms with E-state index in [4.69, 9.17) is 23.7 Å². The zero-order chi connectivity index (χ0) is 57.5. The highest BCUT2D eigenvalue weighted by atomic mass is 16.7. The molecule has 0 aliphatic carbocycles. The standard InChI is InChI=1S/C67H118O12/c1-4-7-10-13-16-19-22-25-28-30-33-35-38-41-44-47-50-53-59(68)75-56-58(77-60(69)54-51-48-45-42-39-36-32-27-24-21-18-15-12-9-6-3)57-76-67-65(63(72)62(71)64(79-67)66(73)74)78-61(70)55-52-49-46-43-40-37-34-31-29-26-23-20-17-14-11-8-5-2/h9,12,18,21,26-27,29,32,58,62-65,67,71-72H,4-8,10-11,13-17,19-20,22-25,28,30-31,33-57H2,1-3H3,(H,73,74)/b12-9-,21-18-,29-26-,32-27-. The van der Waals surface area contributed by atoms with Crippen LogP contribution in [0.15, 0.2) is 48.6 Å². The first kappa shape index (κ1) is 73.7. The topological polar surface area (TPSA) is 175 Å². The van der Waals surface area contributed by atoms with E-state index in [1.807, 2.05) is 0 Å². The maximum absolute atomic E-state index is 13.2. The third-order valence-corrected chi connectivity index (χ3v) is 14.9. The predicted octanol–water partition coefficient (Wildman–Crippen LogP) is 17.3. The van der Waals surface area contributed by atoms with Gasteiger partial charge in [-0.1, -0.05) is 256 Å². The van der Waals surface area contributed by atoms with Gasteiger partial charge in [0.15, 0.2) is 24.6 Å². The Balaban J connectivity index is 2.65. The summed E-state index contributed by atoms with van der Waals surface area (Å²) in [5.74, 6) is -3.12. The van der Waals surface area contributed by atoms with Crippen molar-refractivity contribution >= 4 is 23.9 Å². The fraction of sp³-hybridized carbons (Fsp3) is 0.821. The van der Waals surface area contributed by atoms with Crippen LogP contribution in [0.4, 0.5) is 0 Å². The number of aliphatic hydroxyl groups excluding tert-OH is 2. The molecule has 1 aliphatic rings. The second kappa shape index (κ2) is 55.2. The summed E-state index contributed by atoms with van der Waals surface area (Å²) in [6, 6.07) is 0. The van der Waals surface area contributed by atoms with Crippen LogP contribution in [0.3, 0.4) is 0 Å². The first-order valence-electron chi connectivity index (χ1n) is 32.6. The van der Waals surface area contributed by atoms with E-state index in [0.29, 0.717) is 19.3 Å². The lowest BCUT2D eigenvalue weighted by Gasteiger charge is -2.40. The first-order valence-corrected chi connectivity index (χ1v) is 32.6. The van der Waals surface area contributed by atoms with Gasteiger partial charge in [-0.25, -0.2) is 4.79 Å². The minimum atomic E-state index is -1.91. The number of allylic oxidation sites excluding steroid dienone is 8. The van der Waals surface area contributed by atoms with Crippen molar-refractivity contribution in [1.29, 1.82) is 0 Å². The minimum Gasteiger partial charge on any atom is -0.479 e. The van der Waals surface area contributed by atoms with E-state index in [0.717, 1.165) is 103 Å².